The van der Waals surface area contributed by atoms with Crippen LogP contribution in [-0.4, -0.2) is 9.97 Å². The van der Waals surface area contributed by atoms with Gasteiger partial charge in [-0.2, -0.15) is 0 Å². The average molecular weight is 377 g/mol. The minimum absolute atomic E-state index is 0.258. The van der Waals surface area contributed by atoms with Crippen molar-refractivity contribution in [2.24, 2.45) is 0 Å². The number of hydrogen-bond donors (Lipinski definition) is 2. The number of nitrogens with zero attached hydrogens (tertiary/aromatic N) is 2. The van der Waals surface area contributed by atoms with E-state index in [1.54, 1.807) is 37.3 Å². The quantitative estimate of drug-likeness (QED) is 0.609. The zero-order chi connectivity index (χ0) is 17.8. The van der Waals surface area contributed by atoms with Gasteiger partial charge in [0.15, 0.2) is 0 Å². The van der Waals surface area contributed by atoms with Crippen molar-refractivity contribution in [2.45, 2.75) is 13.5 Å². The molecule has 0 saturated carbocycles. The van der Waals surface area contributed by atoms with E-state index >= 15 is 0 Å². The molecule has 0 radical (unpaired) electrons. The third-order valence-electron chi connectivity index (χ3n) is 3.44. The Morgan fingerprint density at radius 3 is 2.48 bits per heavy atom. The number of halogens is 3. The summed E-state index contributed by atoms with van der Waals surface area (Å²) in [6, 6.07) is 13.4. The van der Waals surface area contributed by atoms with Crippen molar-refractivity contribution in [3.05, 3.63) is 75.8 Å². The zero-order valence-electron chi connectivity index (χ0n) is 13.4. The highest BCUT2D eigenvalue weighted by Gasteiger charge is 2.07. The molecule has 0 atom stereocenters. The molecule has 2 aromatic carbocycles. The van der Waals surface area contributed by atoms with Crippen LogP contribution in [0, 0.1) is 12.7 Å². The van der Waals surface area contributed by atoms with Crippen LogP contribution < -0.4 is 10.6 Å². The second-order valence-corrected chi connectivity index (χ2v) is 6.18. The van der Waals surface area contributed by atoms with Crippen LogP contribution >= 0.6 is 23.2 Å². The van der Waals surface area contributed by atoms with Crippen molar-refractivity contribution in [1.29, 1.82) is 0 Å². The average Bonchev–Trinajstić information content (AvgIpc) is 2.58. The van der Waals surface area contributed by atoms with E-state index in [2.05, 4.69) is 20.6 Å². The van der Waals surface area contributed by atoms with Crippen molar-refractivity contribution >= 4 is 40.5 Å². The number of anilines is 3. The molecule has 7 heteroatoms. The highest BCUT2D eigenvalue weighted by Crippen LogP contribution is 2.31. The molecule has 0 bridgehead atoms. The molecule has 1 aromatic heterocycles. The summed E-state index contributed by atoms with van der Waals surface area (Å²) in [5, 5.41) is 7.24. The highest BCUT2D eigenvalue weighted by atomic mass is 35.5. The van der Waals surface area contributed by atoms with Crippen molar-refractivity contribution in [3.8, 4) is 0 Å². The van der Waals surface area contributed by atoms with Gasteiger partial charge in [-0.1, -0.05) is 41.4 Å². The monoisotopic (exact) mass is 376 g/mol. The Morgan fingerprint density at radius 1 is 1.00 bits per heavy atom. The molecule has 0 amide bonds. The SMILES string of the molecule is Cc1nc(NCc2ccc(F)cc2)cc(Nc2cccc(Cl)c2Cl)n1. The summed E-state index contributed by atoms with van der Waals surface area (Å²) < 4.78 is 13.0. The van der Waals surface area contributed by atoms with Crippen molar-refractivity contribution in [2.75, 3.05) is 10.6 Å². The van der Waals surface area contributed by atoms with Crippen LogP contribution in [0.25, 0.3) is 0 Å². The molecule has 0 saturated heterocycles. The molecule has 0 aliphatic rings. The number of benzene rings is 2. The summed E-state index contributed by atoms with van der Waals surface area (Å²) >= 11 is 12.2. The summed E-state index contributed by atoms with van der Waals surface area (Å²) in [5.74, 6) is 1.59. The molecule has 0 aliphatic heterocycles. The van der Waals surface area contributed by atoms with Crippen LogP contribution in [0.1, 0.15) is 11.4 Å². The van der Waals surface area contributed by atoms with Gasteiger partial charge in [-0.05, 0) is 36.8 Å². The first-order chi connectivity index (χ1) is 12.0. The molecule has 128 valence electrons. The standard InChI is InChI=1S/C18H15Cl2FN4/c1-11-23-16(22-10-12-5-7-13(21)8-6-12)9-17(24-11)25-15-4-2-3-14(19)18(15)20/h2-9H,10H2,1H3,(H2,22,23,24,25). The third kappa shape index (κ3) is 4.59. The second-order valence-electron chi connectivity index (χ2n) is 5.39. The molecular formula is C18H15Cl2FN4. The molecule has 3 aromatic rings. The predicted octanol–water partition coefficient (Wildman–Crippen LogP) is 5.59. The van der Waals surface area contributed by atoms with E-state index in [-0.39, 0.29) is 5.82 Å². The first-order valence-corrected chi connectivity index (χ1v) is 8.32. The maximum atomic E-state index is 13.0. The van der Waals surface area contributed by atoms with Gasteiger partial charge < -0.3 is 10.6 Å². The van der Waals surface area contributed by atoms with Gasteiger partial charge in [-0.3, -0.25) is 0 Å². The van der Waals surface area contributed by atoms with Crippen LogP contribution in [0.2, 0.25) is 10.0 Å². The fraction of sp³-hybridized carbons (Fsp3) is 0.111. The van der Waals surface area contributed by atoms with E-state index in [0.717, 1.165) is 5.56 Å². The molecule has 0 aliphatic carbocycles. The topological polar surface area (TPSA) is 49.8 Å². The molecule has 2 N–H and O–H groups in total. The van der Waals surface area contributed by atoms with Gasteiger partial charge in [0.1, 0.15) is 23.3 Å². The first kappa shape index (κ1) is 17.5. The van der Waals surface area contributed by atoms with E-state index in [4.69, 9.17) is 23.2 Å². The van der Waals surface area contributed by atoms with Gasteiger partial charge in [0.05, 0.1) is 15.7 Å². The first-order valence-electron chi connectivity index (χ1n) is 7.56. The van der Waals surface area contributed by atoms with Crippen LogP contribution in [0.3, 0.4) is 0 Å². The summed E-state index contributed by atoms with van der Waals surface area (Å²) in [5.41, 5.74) is 1.61. The zero-order valence-corrected chi connectivity index (χ0v) is 14.9. The maximum Gasteiger partial charge on any atom is 0.136 e. The van der Waals surface area contributed by atoms with Gasteiger partial charge in [0, 0.05) is 12.6 Å². The number of rotatable bonds is 5. The van der Waals surface area contributed by atoms with Crippen molar-refractivity contribution in [1.82, 2.24) is 9.97 Å². The van der Waals surface area contributed by atoms with Crippen LogP contribution in [0.15, 0.2) is 48.5 Å². The van der Waals surface area contributed by atoms with E-state index in [9.17, 15) is 4.39 Å². The number of aryl methyl sites for hydroxylation is 1. The minimum atomic E-state index is -0.258. The largest absolute Gasteiger partial charge is 0.366 e. The van der Waals surface area contributed by atoms with Gasteiger partial charge in [-0.25, -0.2) is 14.4 Å². The Morgan fingerprint density at radius 2 is 1.72 bits per heavy atom. The Balaban J connectivity index is 1.76. The smallest absolute Gasteiger partial charge is 0.136 e. The molecule has 4 nitrogen and oxygen atoms in total. The van der Waals surface area contributed by atoms with Gasteiger partial charge in [-0.15, -0.1) is 0 Å². The lowest BCUT2D eigenvalue weighted by Gasteiger charge is -2.12. The van der Waals surface area contributed by atoms with Gasteiger partial charge >= 0.3 is 0 Å². The van der Waals surface area contributed by atoms with Crippen molar-refractivity contribution in [3.63, 3.8) is 0 Å². The fourth-order valence-corrected chi connectivity index (χ4v) is 2.60. The Bertz CT molecular complexity index is 885. The fourth-order valence-electron chi connectivity index (χ4n) is 2.26. The Hall–Kier alpha value is -2.37. The Kier molecular flexibility index (Phi) is 5.36. The lowest BCUT2D eigenvalue weighted by Crippen LogP contribution is -2.05. The van der Waals surface area contributed by atoms with Crippen LogP contribution in [0.5, 0.6) is 0 Å². The normalized spacial score (nSPS) is 10.6. The molecule has 25 heavy (non-hydrogen) atoms. The Labute approximate surface area is 155 Å². The summed E-state index contributed by atoms with van der Waals surface area (Å²) in [7, 11) is 0. The minimum Gasteiger partial charge on any atom is -0.366 e. The maximum absolute atomic E-state index is 13.0. The number of aromatic nitrogens is 2. The van der Waals surface area contributed by atoms with Crippen LogP contribution in [0.4, 0.5) is 21.7 Å². The van der Waals surface area contributed by atoms with Gasteiger partial charge in [0.25, 0.3) is 0 Å². The molecule has 3 rings (SSSR count). The van der Waals surface area contributed by atoms with E-state index in [0.29, 0.717) is 39.7 Å². The predicted molar refractivity (Wildman–Crippen MR) is 100 cm³/mol. The van der Waals surface area contributed by atoms with E-state index in [1.165, 1.54) is 12.1 Å². The van der Waals surface area contributed by atoms with Crippen LogP contribution in [-0.2, 0) is 6.54 Å². The van der Waals surface area contributed by atoms with Crippen molar-refractivity contribution < 1.29 is 4.39 Å². The second kappa shape index (κ2) is 7.68. The molecule has 0 spiro atoms. The van der Waals surface area contributed by atoms with E-state index in [1.807, 2.05) is 6.07 Å². The summed E-state index contributed by atoms with van der Waals surface area (Å²) in [6.07, 6.45) is 0. The number of nitrogens with one attached hydrogen (secondary N) is 2. The molecule has 1 heterocycles. The lowest BCUT2D eigenvalue weighted by molar-refractivity contribution is 0.627. The molecule has 0 unspecified atom stereocenters. The highest BCUT2D eigenvalue weighted by molar-refractivity contribution is 6.43. The van der Waals surface area contributed by atoms with E-state index < -0.39 is 0 Å². The number of hydrogen-bond acceptors (Lipinski definition) is 4. The summed E-state index contributed by atoms with van der Waals surface area (Å²) in [6.45, 7) is 2.32. The molecule has 0 fully saturated rings. The van der Waals surface area contributed by atoms with Gasteiger partial charge in [0.2, 0.25) is 0 Å². The lowest BCUT2D eigenvalue weighted by atomic mass is 10.2. The molecular weight excluding hydrogens is 362 g/mol. The summed E-state index contributed by atoms with van der Waals surface area (Å²) in [4.78, 5) is 8.71. The third-order valence-corrected chi connectivity index (χ3v) is 4.26.